The quantitative estimate of drug-likeness (QED) is 0.757. The number of ether oxygens (including phenoxy) is 1. The molecule has 0 aliphatic carbocycles. The highest BCUT2D eigenvalue weighted by Gasteiger charge is 2.11. The lowest BCUT2D eigenvalue weighted by Crippen LogP contribution is -2.38. The number of hydrogen-bond donors (Lipinski definition) is 2. The molecule has 2 rings (SSSR count). The number of halogens is 1. The Balaban J connectivity index is 1.75. The van der Waals surface area contributed by atoms with Gasteiger partial charge in [-0.25, -0.2) is 4.39 Å². The largest absolute Gasteiger partial charge is 0.496 e. The highest BCUT2D eigenvalue weighted by Crippen LogP contribution is 2.16. The minimum Gasteiger partial charge on any atom is -0.496 e. The summed E-state index contributed by atoms with van der Waals surface area (Å²) in [5.41, 5.74) is 1.38. The number of anilines is 1. The van der Waals surface area contributed by atoms with Crippen molar-refractivity contribution in [3.8, 4) is 5.75 Å². The molecule has 0 radical (unpaired) electrons. The van der Waals surface area contributed by atoms with Gasteiger partial charge in [-0.2, -0.15) is 0 Å². The summed E-state index contributed by atoms with van der Waals surface area (Å²) in [6.07, 6.45) is 0. The van der Waals surface area contributed by atoms with Gasteiger partial charge in [0.1, 0.15) is 11.6 Å². The molecular weight excluding hydrogens is 337 g/mol. The molecule has 0 saturated carbocycles. The number of hydrogen-bond acceptors (Lipinski definition) is 4. The van der Waals surface area contributed by atoms with Gasteiger partial charge in [0.05, 0.1) is 20.2 Å². The molecule has 0 spiro atoms. The maximum absolute atomic E-state index is 12.8. The van der Waals surface area contributed by atoms with E-state index in [-0.39, 0.29) is 30.7 Å². The van der Waals surface area contributed by atoms with Crippen molar-refractivity contribution in [1.82, 2.24) is 10.2 Å². The third kappa shape index (κ3) is 6.18. The first kappa shape index (κ1) is 19.4. The van der Waals surface area contributed by atoms with E-state index in [4.69, 9.17) is 4.74 Å². The molecule has 0 aliphatic rings. The Labute approximate surface area is 152 Å². The molecular formula is C19H22FN3O3. The Kier molecular flexibility index (Phi) is 7.11. The first-order valence-corrected chi connectivity index (χ1v) is 8.10. The molecule has 0 unspecified atom stereocenters. The molecule has 0 aromatic heterocycles. The molecule has 0 bridgehead atoms. The van der Waals surface area contributed by atoms with Crippen LogP contribution in [0.3, 0.4) is 0 Å². The van der Waals surface area contributed by atoms with Crippen LogP contribution in [0.4, 0.5) is 10.1 Å². The lowest BCUT2D eigenvalue weighted by molar-refractivity contribution is -0.123. The normalized spacial score (nSPS) is 10.5. The predicted molar refractivity (Wildman–Crippen MR) is 97.4 cm³/mol. The van der Waals surface area contributed by atoms with Crippen molar-refractivity contribution < 1.29 is 18.7 Å². The lowest BCUT2D eigenvalue weighted by atomic mass is 10.2. The van der Waals surface area contributed by atoms with Gasteiger partial charge in [0, 0.05) is 17.8 Å². The van der Waals surface area contributed by atoms with E-state index < -0.39 is 0 Å². The molecule has 2 aromatic rings. The van der Waals surface area contributed by atoms with E-state index in [1.165, 1.54) is 24.3 Å². The maximum atomic E-state index is 12.8. The zero-order valence-corrected chi connectivity index (χ0v) is 14.8. The Morgan fingerprint density at radius 3 is 2.38 bits per heavy atom. The molecule has 2 amide bonds. The summed E-state index contributed by atoms with van der Waals surface area (Å²) in [6.45, 7) is 0.462. The molecule has 138 valence electrons. The number of benzene rings is 2. The van der Waals surface area contributed by atoms with E-state index in [1.54, 1.807) is 19.1 Å². The highest BCUT2D eigenvalue weighted by molar-refractivity contribution is 5.92. The van der Waals surface area contributed by atoms with Crippen molar-refractivity contribution in [1.29, 1.82) is 0 Å². The van der Waals surface area contributed by atoms with Crippen molar-refractivity contribution in [3.63, 3.8) is 0 Å². The first-order chi connectivity index (χ1) is 12.5. The lowest BCUT2D eigenvalue weighted by Gasteiger charge is -2.16. The van der Waals surface area contributed by atoms with Crippen LogP contribution in [0, 0.1) is 5.82 Å². The second-order valence-electron chi connectivity index (χ2n) is 5.82. The van der Waals surface area contributed by atoms with E-state index in [0.717, 1.165) is 5.56 Å². The third-order valence-corrected chi connectivity index (χ3v) is 3.62. The topological polar surface area (TPSA) is 70.7 Å². The number of para-hydroxylation sites is 1. The molecule has 7 heteroatoms. The minimum atomic E-state index is -0.369. The summed E-state index contributed by atoms with van der Waals surface area (Å²) < 4.78 is 18.1. The van der Waals surface area contributed by atoms with Gasteiger partial charge in [-0.05, 0) is 37.4 Å². The molecule has 0 fully saturated rings. The zero-order chi connectivity index (χ0) is 18.9. The Morgan fingerprint density at radius 1 is 1.04 bits per heavy atom. The van der Waals surface area contributed by atoms with E-state index >= 15 is 0 Å². The summed E-state index contributed by atoms with van der Waals surface area (Å²) in [6, 6.07) is 12.9. The Hall–Kier alpha value is -2.93. The second-order valence-corrected chi connectivity index (χ2v) is 5.82. The van der Waals surface area contributed by atoms with Crippen molar-refractivity contribution in [3.05, 3.63) is 59.9 Å². The van der Waals surface area contributed by atoms with E-state index in [0.29, 0.717) is 18.0 Å². The summed E-state index contributed by atoms with van der Waals surface area (Å²) >= 11 is 0. The molecule has 0 saturated heterocycles. The average molecular weight is 359 g/mol. The van der Waals surface area contributed by atoms with E-state index in [2.05, 4.69) is 10.6 Å². The van der Waals surface area contributed by atoms with Gasteiger partial charge in [0.25, 0.3) is 0 Å². The highest BCUT2D eigenvalue weighted by atomic mass is 19.1. The number of nitrogens with one attached hydrogen (secondary N) is 2. The number of amides is 2. The summed E-state index contributed by atoms with van der Waals surface area (Å²) in [5.74, 6) is -0.142. The van der Waals surface area contributed by atoms with E-state index in [9.17, 15) is 14.0 Å². The van der Waals surface area contributed by atoms with Gasteiger partial charge < -0.3 is 15.4 Å². The van der Waals surface area contributed by atoms with Crippen molar-refractivity contribution in [2.24, 2.45) is 0 Å². The fourth-order valence-corrected chi connectivity index (χ4v) is 2.38. The first-order valence-electron chi connectivity index (χ1n) is 8.10. The van der Waals surface area contributed by atoms with Crippen molar-refractivity contribution in [2.45, 2.75) is 6.54 Å². The van der Waals surface area contributed by atoms with Gasteiger partial charge in [-0.15, -0.1) is 0 Å². The van der Waals surface area contributed by atoms with Crippen LogP contribution in [0.25, 0.3) is 0 Å². The molecule has 0 aliphatic heterocycles. The smallest absolute Gasteiger partial charge is 0.238 e. The fraction of sp³-hybridized carbons (Fsp3) is 0.263. The molecule has 0 atom stereocenters. The Bertz CT molecular complexity index is 750. The third-order valence-electron chi connectivity index (χ3n) is 3.62. The number of carbonyl (C=O) groups excluding carboxylic acids is 2. The summed E-state index contributed by atoms with van der Waals surface area (Å²) in [4.78, 5) is 25.6. The van der Waals surface area contributed by atoms with Crippen LogP contribution >= 0.6 is 0 Å². The van der Waals surface area contributed by atoms with E-state index in [1.807, 2.05) is 24.3 Å². The monoisotopic (exact) mass is 359 g/mol. The van der Waals surface area contributed by atoms with Crippen LogP contribution in [-0.4, -0.2) is 44.0 Å². The van der Waals surface area contributed by atoms with Crippen LogP contribution in [-0.2, 0) is 16.1 Å². The van der Waals surface area contributed by atoms with Gasteiger partial charge >= 0.3 is 0 Å². The van der Waals surface area contributed by atoms with Crippen LogP contribution < -0.4 is 15.4 Å². The summed E-state index contributed by atoms with van der Waals surface area (Å²) in [5, 5.41) is 5.45. The molecule has 26 heavy (non-hydrogen) atoms. The molecule has 0 heterocycles. The number of methoxy groups -OCH3 is 1. The minimum absolute atomic E-state index is 0.0411. The standard InChI is InChI=1S/C19H22FN3O3/c1-23(13-19(25)22-16-9-7-15(20)8-10-16)12-18(24)21-11-14-5-3-4-6-17(14)26-2/h3-10H,11-13H2,1-2H3,(H,21,24)(H,22,25). The predicted octanol–water partition coefficient (Wildman–Crippen LogP) is 2.02. The number of nitrogens with zero attached hydrogens (tertiary/aromatic N) is 1. The molecule has 2 N–H and O–H groups in total. The van der Waals surface area contributed by atoms with Gasteiger partial charge in [-0.3, -0.25) is 14.5 Å². The Morgan fingerprint density at radius 2 is 1.69 bits per heavy atom. The fourth-order valence-electron chi connectivity index (χ4n) is 2.38. The SMILES string of the molecule is COc1ccccc1CNC(=O)CN(C)CC(=O)Nc1ccc(F)cc1. The average Bonchev–Trinajstić information content (AvgIpc) is 2.62. The maximum Gasteiger partial charge on any atom is 0.238 e. The van der Waals surface area contributed by atoms with Crippen LogP contribution in [0.15, 0.2) is 48.5 Å². The zero-order valence-electron chi connectivity index (χ0n) is 14.8. The number of carbonyl (C=O) groups is 2. The van der Waals surface area contributed by atoms with Gasteiger partial charge in [0.2, 0.25) is 11.8 Å². The van der Waals surface area contributed by atoms with Crippen molar-refractivity contribution >= 4 is 17.5 Å². The van der Waals surface area contributed by atoms with Gasteiger partial charge in [-0.1, -0.05) is 18.2 Å². The van der Waals surface area contributed by atoms with Crippen LogP contribution in [0.1, 0.15) is 5.56 Å². The second kappa shape index (κ2) is 9.53. The van der Waals surface area contributed by atoms with Crippen LogP contribution in [0.5, 0.6) is 5.75 Å². The molecule has 6 nitrogen and oxygen atoms in total. The number of rotatable bonds is 8. The molecule has 2 aromatic carbocycles. The summed E-state index contributed by atoms with van der Waals surface area (Å²) in [7, 11) is 3.25. The van der Waals surface area contributed by atoms with Gasteiger partial charge in [0.15, 0.2) is 0 Å². The van der Waals surface area contributed by atoms with Crippen molar-refractivity contribution in [2.75, 3.05) is 32.6 Å². The number of likely N-dealkylation sites (N-methyl/N-ethyl adjacent to an activating group) is 1. The van der Waals surface area contributed by atoms with Crippen LogP contribution in [0.2, 0.25) is 0 Å².